The minimum absolute atomic E-state index is 0.0446. The van der Waals surface area contributed by atoms with Crippen molar-refractivity contribution < 1.29 is 45.2 Å². The Morgan fingerprint density at radius 3 is 2.00 bits per heavy atom. The van der Waals surface area contributed by atoms with E-state index >= 15 is 0 Å². The lowest BCUT2D eigenvalue weighted by atomic mass is 9.95. The fourth-order valence-electron chi connectivity index (χ4n) is 4.76. The van der Waals surface area contributed by atoms with Crippen LogP contribution < -0.4 is 5.32 Å². The van der Waals surface area contributed by atoms with Gasteiger partial charge in [0.15, 0.2) is 12.5 Å². The molecule has 236 valence electrons. The molecule has 0 aromatic carbocycles. The number of hydrogen-bond donors (Lipinski definition) is 4. The van der Waals surface area contributed by atoms with Crippen molar-refractivity contribution in [2.75, 3.05) is 26.4 Å². The van der Waals surface area contributed by atoms with Crippen molar-refractivity contribution in [2.45, 2.75) is 148 Å². The maximum absolute atomic E-state index is 13.6. The molecule has 0 saturated carbocycles. The average molecular weight is 578 g/mol. The lowest BCUT2D eigenvalue weighted by Gasteiger charge is -2.46. The number of rotatable bonds is 21. The second-order valence-corrected chi connectivity index (χ2v) is 10.4. The van der Waals surface area contributed by atoms with Gasteiger partial charge in [-0.25, -0.2) is 4.79 Å². The Morgan fingerprint density at radius 2 is 1.50 bits per heavy atom. The number of ether oxygens (including phenoxy) is 4. The van der Waals surface area contributed by atoms with Crippen molar-refractivity contribution in [3.63, 3.8) is 0 Å². The molecule has 6 atom stereocenters. The molecule has 1 rings (SSSR count). The van der Waals surface area contributed by atoms with Crippen molar-refractivity contribution in [3.8, 4) is 0 Å². The largest absolute Gasteiger partial charge is 0.446 e. The highest BCUT2D eigenvalue weighted by Gasteiger charge is 2.48. The maximum Gasteiger partial charge on any atom is 0.412 e. The van der Waals surface area contributed by atoms with Crippen LogP contribution in [0.1, 0.15) is 107 Å². The molecule has 1 aliphatic heterocycles. The second-order valence-electron chi connectivity index (χ2n) is 10.4. The van der Waals surface area contributed by atoms with Crippen LogP contribution >= 0.6 is 0 Å². The van der Waals surface area contributed by atoms with Gasteiger partial charge in [0.2, 0.25) is 5.91 Å². The number of nitrogens with zero attached hydrogens (tertiary/aromatic N) is 1. The summed E-state index contributed by atoms with van der Waals surface area (Å²) in [5.41, 5.74) is 0. The maximum atomic E-state index is 13.6. The third-order valence-electron chi connectivity index (χ3n) is 6.90. The molecule has 1 aliphatic rings. The van der Waals surface area contributed by atoms with Gasteiger partial charge in [0.25, 0.3) is 0 Å². The Labute approximate surface area is 242 Å². The molecule has 2 unspecified atom stereocenters. The highest BCUT2D eigenvalue weighted by Crippen LogP contribution is 2.26. The third kappa shape index (κ3) is 13.4. The number of aliphatic hydroxyl groups excluding tert-OH is 3. The van der Waals surface area contributed by atoms with Crippen LogP contribution in [0.15, 0.2) is 0 Å². The molecule has 1 fully saturated rings. The van der Waals surface area contributed by atoms with E-state index in [4.69, 9.17) is 18.9 Å². The first-order valence-electron chi connectivity index (χ1n) is 15.7. The van der Waals surface area contributed by atoms with E-state index < -0.39 is 61.6 Å². The van der Waals surface area contributed by atoms with Crippen LogP contribution in [0, 0.1) is 0 Å². The summed E-state index contributed by atoms with van der Waals surface area (Å²) < 4.78 is 31.8. The molecule has 0 aromatic rings. The first kappa shape index (κ1) is 34.7. The van der Waals surface area contributed by atoms with Gasteiger partial charge in [0.05, 0.1) is 7.98 Å². The Balaban J connectivity index is 3.04. The lowest BCUT2D eigenvalue weighted by molar-refractivity contribution is -0.227. The summed E-state index contributed by atoms with van der Waals surface area (Å²) in [5.74, 6) is -0.583. The molecule has 2 amide bonds. The molecule has 1 saturated heterocycles. The SMILES string of the molecule is [2H]C1(N(CCCCCCCCCCCC)C(=O)OC(C)CC(OCC)OCC)O[C@H](CO)[C@@H](O)[C@H](O)[C@H]1NC(C)=O. The van der Waals surface area contributed by atoms with Gasteiger partial charge in [0.1, 0.15) is 30.5 Å². The Bertz CT molecular complexity index is 728. The summed E-state index contributed by atoms with van der Waals surface area (Å²) in [4.78, 5) is 26.6. The fourth-order valence-corrected chi connectivity index (χ4v) is 4.76. The summed E-state index contributed by atoms with van der Waals surface area (Å²) >= 11 is 0. The molecule has 0 bridgehead atoms. The van der Waals surface area contributed by atoms with E-state index in [0.29, 0.717) is 19.6 Å². The third-order valence-corrected chi connectivity index (χ3v) is 6.90. The standard InChI is InChI=1S/C29H56N2O9/c1-6-9-10-11-12-13-14-15-16-17-18-31(29(36)39-21(4)19-24(37-7-2)38-8-3)28-25(30-22(5)33)27(35)26(34)23(20-32)40-28/h21,23-28,32,34-35H,6-20H2,1-5H3,(H,30,33)/t21?,23-,25-,26-,27-,28?/m1/s1/i28D. The smallest absolute Gasteiger partial charge is 0.412 e. The molecule has 0 aliphatic carbocycles. The Hall–Kier alpha value is -1.50. The molecule has 11 heteroatoms. The van der Waals surface area contributed by atoms with Crippen molar-refractivity contribution >= 4 is 12.0 Å². The van der Waals surface area contributed by atoms with Crippen molar-refractivity contribution in [2.24, 2.45) is 0 Å². The van der Waals surface area contributed by atoms with E-state index in [2.05, 4.69) is 12.2 Å². The zero-order valence-corrected chi connectivity index (χ0v) is 25.3. The van der Waals surface area contributed by atoms with Crippen molar-refractivity contribution in [1.29, 1.82) is 0 Å². The van der Waals surface area contributed by atoms with Crippen molar-refractivity contribution in [1.82, 2.24) is 10.2 Å². The Morgan fingerprint density at radius 1 is 0.950 bits per heavy atom. The predicted octanol–water partition coefficient (Wildman–Crippen LogP) is 3.47. The van der Waals surface area contributed by atoms with E-state index in [1.807, 2.05) is 13.8 Å². The van der Waals surface area contributed by atoms with Crippen LogP contribution in [0.2, 0.25) is 0 Å². The van der Waals surface area contributed by atoms with Gasteiger partial charge in [0, 0.05) is 33.1 Å². The monoisotopic (exact) mass is 577 g/mol. The van der Waals surface area contributed by atoms with Gasteiger partial charge in [-0.1, -0.05) is 64.7 Å². The highest BCUT2D eigenvalue weighted by atomic mass is 16.7. The zero-order chi connectivity index (χ0) is 30.8. The second kappa shape index (κ2) is 21.2. The summed E-state index contributed by atoms with van der Waals surface area (Å²) in [7, 11) is 0. The minimum atomic E-state index is -2.35. The van der Waals surface area contributed by atoms with Crippen LogP contribution in [0.5, 0.6) is 0 Å². The molecule has 1 heterocycles. The first-order chi connectivity index (χ1) is 19.5. The van der Waals surface area contributed by atoms with E-state index in [1.54, 1.807) is 6.92 Å². The molecular weight excluding hydrogens is 520 g/mol. The van der Waals surface area contributed by atoms with E-state index in [-0.39, 0.29) is 13.0 Å². The number of amides is 2. The topological polar surface area (TPSA) is 147 Å². The molecular formula is C29H56N2O9. The van der Waals surface area contributed by atoms with Crippen LogP contribution in [0.3, 0.4) is 0 Å². The van der Waals surface area contributed by atoms with E-state index in [9.17, 15) is 26.3 Å². The molecule has 0 radical (unpaired) electrons. The minimum Gasteiger partial charge on any atom is -0.446 e. The van der Waals surface area contributed by atoms with Crippen molar-refractivity contribution in [3.05, 3.63) is 0 Å². The zero-order valence-electron chi connectivity index (χ0n) is 26.3. The number of carbonyl (C=O) groups is 2. The summed E-state index contributed by atoms with van der Waals surface area (Å²) in [6.07, 6.45) is 1.84. The highest BCUT2D eigenvalue weighted by molar-refractivity contribution is 5.74. The Kier molecular flexibility index (Phi) is 18.4. The predicted molar refractivity (Wildman–Crippen MR) is 152 cm³/mol. The average Bonchev–Trinajstić information content (AvgIpc) is 2.91. The van der Waals surface area contributed by atoms with E-state index in [0.717, 1.165) is 30.6 Å². The van der Waals surface area contributed by atoms with Crippen LogP contribution in [0.4, 0.5) is 4.79 Å². The number of hydrogen-bond acceptors (Lipinski definition) is 9. The van der Waals surface area contributed by atoms with Gasteiger partial charge in [-0.15, -0.1) is 0 Å². The lowest BCUT2D eigenvalue weighted by Crippen LogP contribution is -2.68. The quantitative estimate of drug-likeness (QED) is 0.119. The van der Waals surface area contributed by atoms with Crippen LogP contribution in [-0.4, -0.2) is 102 Å². The van der Waals surface area contributed by atoms with E-state index in [1.165, 1.54) is 39.0 Å². The van der Waals surface area contributed by atoms with Gasteiger partial charge < -0.3 is 39.6 Å². The number of nitrogens with one attached hydrogen (secondary N) is 1. The number of aliphatic hydroxyl groups is 3. The molecule has 0 spiro atoms. The van der Waals surface area contributed by atoms with Gasteiger partial charge in [-0.3, -0.25) is 9.69 Å². The van der Waals surface area contributed by atoms with Crippen LogP contribution in [-0.2, 0) is 23.7 Å². The molecule has 40 heavy (non-hydrogen) atoms. The van der Waals surface area contributed by atoms with Gasteiger partial charge in [-0.2, -0.15) is 0 Å². The number of carbonyl (C=O) groups excluding carboxylic acids is 2. The normalized spacial score (nSPS) is 25.9. The summed E-state index contributed by atoms with van der Waals surface area (Å²) in [6.45, 7) is 8.93. The van der Waals surface area contributed by atoms with Crippen LogP contribution in [0.25, 0.3) is 0 Å². The molecule has 11 nitrogen and oxygen atoms in total. The van der Waals surface area contributed by atoms with Gasteiger partial charge in [-0.05, 0) is 27.2 Å². The van der Waals surface area contributed by atoms with Gasteiger partial charge >= 0.3 is 6.09 Å². The number of unbranched alkanes of at least 4 members (excludes halogenated alkanes) is 9. The summed E-state index contributed by atoms with van der Waals surface area (Å²) in [5, 5.41) is 33.5. The summed E-state index contributed by atoms with van der Waals surface area (Å²) in [6, 6.07) is -1.50. The molecule has 4 N–H and O–H groups in total. The molecule has 0 aromatic heterocycles. The first-order valence-corrected chi connectivity index (χ1v) is 15.2. The fraction of sp³-hybridized carbons (Fsp3) is 0.931.